The van der Waals surface area contributed by atoms with E-state index in [9.17, 15) is 9.59 Å². The van der Waals surface area contributed by atoms with Crippen LogP contribution in [0.15, 0.2) is 96.6 Å². The number of rotatable bonds is 12. The first-order valence-electron chi connectivity index (χ1n) is 15.5. The van der Waals surface area contributed by atoms with Gasteiger partial charge in [-0.05, 0) is 72.0 Å². The van der Waals surface area contributed by atoms with Crippen LogP contribution in [0, 0.1) is 5.41 Å². The molecule has 2 amide bonds. The predicted molar refractivity (Wildman–Crippen MR) is 188 cm³/mol. The number of anilines is 2. The largest absolute Gasteiger partial charge is 0.493 e. The number of benzene rings is 3. The van der Waals surface area contributed by atoms with E-state index in [0.717, 1.165) is 49.5 Å². The summed E-state index contributed by atoms with van der Waals surface area (Å²) in [6, 6.07) is 14.9. The van der Waals surface area contributed by atoms with Crippen molar-refractivity contribution in [3.05, 3.63) is 119 Å². The third-order valence-electron chi connectivity index (χ3n) is 8.32. The van der Waals surface area contributed by atoms with Crippen LogP contribution in [0.2, 0.25) is 0 Å². The Hall–Kier alpha value is -5.61. The molecule has 10 heteroatoms. The fourth-order valence-electron chi connectivity index (χ4n) is 5.62. The molecule has 0 bridgehead atoms. The maximum absolute atomic E-state index is 13.6. The molecule has 0 saturated carbocycles. The first-order chi connectivity index (χ1) is 23.2. The lowest BCUT2D eigenvalue weighted by atomic mass is 9.98. The molecular weight excluding hydrogens is 608 g/mol. The van der Waals surface area contributed by atoms with Crippen molar-refractivity contribution in [3.63, 3.8) is 0 Å². The van der Waals surface area contributed by atoms with E-state index in [1.54, 1.807) is 38.5 Å². The molecule has 1 heterocycles. The number of fused-ring (bicyclic) bond motifs is 1. The maximum Gasteiger partial charge on any atom is 0.257 e. The van der Waals surface area contributed by atoms with E-state index in [0.29, 0.717) is 22.8 Å². The Balaban J connectivity index is 1.24. The Morgan fingerprint density at radius 3 is 2.15 bits per heavy atom. The molecule has 48 heavy (non-hydrogen) atoms. The minimum Gasteiger partial charge on any atom is -0.493 e. The third kappa shape index (κ3) is 7.84. The molecule has 0 radical (unpaired) electrons. The fourth-order valence-corrected chi connectivity index (χ4v) is 5.62. The number of nitrogens with zero attached hydrogens (tertiary/aromatic N) is 1. The van der Waals surface area contributed by atoms with Crippen LogP contribution in [0.5, 0.6) is 23.0 Å². The van der Waals surface area contributed by atoms with Crippen LogP contribution in [0.1, 0.15) is 27.0 Å². The average Bonchev–Trinajstić information content (AvgIpc) is 3.11. The van der Waals surface area contributed by atoms with Gasteiger partial charge in [-0.2, -0.15) is 0 Å². The lowest BCUT2D eigenvalue weighted by molar-refractivity contribution is -0.112. The van der Waals surface area contributed by atoms with E-state index in [4.69, 9.17) is 24.4 Å². The van der Waals surface area contributed by atoms with Gasteiger partial charge in [-0.15, -0.1) is 0 Å². The zero-order valence-electron chi connectivity index (χ0n) is 27.6. The zero-order chi connectivity index (χ0) is 34.2. The van der Waals surface area contributed by atoms with Gasteiger partial charge in [-0.25, -0.2) is 0 Å². The van der Waals surface area contributed by atoms with E-state index in [1.807, 2.05) is 24.3 Å². The van der Waals surface area contributed by atoms with E-state index < -0.39 is 11.8 Å². The van der Waals surface area contributed by atoms with Crippen LogP contribution in [-0.4, -0.2) is 64.0 Å². The van der Waals surface area contributed by atoms with Gasteiger partial charge < -0.3 is 35.0 Å². The summed E-state index contributed by atoms with van der Waals surface area (Å²) in [5.41, 5.74) is 5.64. The lowest BCUT2D eigenvalue weighted by Gasteiger charge is -2.29. The van der Waals surface area contributed by atoms with E-state index in [1.165, 1.54) is 43.6 Å². The summed E-state index contributed by atoms with van der Waals surface area (Å²) in [5.74, 6) is 1.22. The number of nitrogens with one attached hydrogen (secondary N) is 3. The predicted octanol–water partition coefficient (Wildman–Crippen LogP) is 6.14. The van der Waals surface area contributed by atoms with Crippen molar-refractivity contribution in [3.8, 4) is 23.0 Å². The van der Waals surface area contributed by atoms with E-state index in [-0.39, 0.29) is 22.5 Å². The van der Waals surface area contributed by atoms with Gasteiger partial charge in [0.1, 0.15) is 0 Å². The molecule has 1 aliphatic heterocycles. The van der Waals surface area contributed by atoms with Crippen molar-refractivity contribution in [1.29, 1.82) is 5.41 Å². The minimum atomic E-state index is -0.528. The molecule has 0 fully saturated rings. The van der Waals surface area contributed by atoms with Crippen LogP contribution in [0.3, 0.4) is 0 Å². The summed E-state index contributed by atoms with van der Waals surface area (Å²) >= 11 is 0. The monoisotopic (exact) mass is 648 g/mol. The maximum atomic E-state index is 13.6. The average molecular weight is 649 g/mol. The summed E-state index contributed by atoms with van der Waals surface area (Å²) < 4.78 is 21.8. The summed E-state index contributed by atoms with van der Waals surface area (Å²) in [4.78, 5) is 29.1. The number of hydrogen-bond donors (Lipinski definition) is 3. The number of carbonyl (C=O) groups excluding carboxylic acids is 2. The molecule has 3 N–H and O–H groups in total. The molecule has 2 aliphatic rings. The number of amides is 2. The second kappa shape index (κ2) is 15.3. The first kappa shape index (κ1) is 33.7. The molecule has 0 saturated heterocycles. The van der Waals surface area contributed by atoms with Crippen molar-refractivity contribution < 1.29 is 28.5 Å². The molecule has 248 valence electrons. The van der Waals surface area contributed by atoms with Gasteiger partial charge in [0.05, 0.1) is 45.4 Å². The zero-order valence-corrected chi connectivity index (χ0v) is 27.6. The van der Waals surface area contributed by atoms with Crippen LogP contribution in [0.25, 0.3) is 0 Å². The van der Waals surface area contributed by atoms with Gasteiger partial charge in [0.15, 0.2) is 23.0 Å². The highest BCUT2D eigenvalue weighted by atomic mass is 16.5. The molecule has 0 aromatic heterocycles. The number of hydrogen-bond acceptors (Lipinski definition) is 8. The summed E-state index contributed by atoms with van der Waals surface area (Å²) in [6.07, 6.45) is 10.2. The van der Waals surface area contributed by atoms with Crippen molar-refractivity contribution >= 4 is 28.9 Å². The Labute approximate surface area is 280 Å². The van der Waals surface area contributed by atoms with Crippen molar-refractivity contribution in [2.24, 2.45) is 0 Å². The molecule has 10 nitrogen and oxygen atoms in total. The number of ether oxygens (including phenoxy) is 4. The number of carbonyl (C=O) groups is 2. The van der Waals surface area contributed by atoms with Gasteiger partial charge in [0.2, 0.25) is 0 Å². The van der Waals surface area contributed by atoms with Crippen LogP contribution >= 0.6 is 0 Å². The standard InChI is InChI=1S/C38H40N4O6/c1-24(18-27-8-6-7-9-31(27)39)37(43)41-32-22-36(48-5)35(47-4)21-30(32)38(44)40-29-12-10-25(11-13-29)14-16-42-17-15-26-19-33(45-2)34(46-3)20-28(26)23-42/h6-13,18-22,39H,1,14-17,23H2,2-5H3,(H,40,44)(H,41,43)/b27-18-,39-31?. The van der Waals surface area contributed by atoms with Crippen LogP contribution in [0.4, 0.5) is 11.4 Å². The quantitative estimate of drug-likeness (QED) is 0.202. The smallest absolute Gasteiger partial charge is 0.257 e. The summed E-state index contributed by atoms with van der Waals surface area (Å²) in [6.45, 7) is 6.56. The normalized spacial score (nSPS) is 14.7. The SMILES string of the molecule is C=C(/C=C1/C=CC=CC1=N)C(=O)Nc1cc(OC)c(OC)cc1C(=O)Nc1ccc(CCN2CCc3cc(OC)c(OC)cc3C2)cc1. The summed E-state index contributed by atoms with van der Waals surface area (Å²) in [5, 5.41) is 13.8. The van der Waals surface area contributed by atoms with Crippen molar-refractivity contribution in [1.82, 2.24) is 4.90 Å². The Morgan fingerprint density at radius 2 is 1.48 bits per heavy atom. The molecule has 5 rings (SSSR count). The van der Waals surface area contributed by atoms with Gasteiger partial charge in [-0.1, -0.05) is 36.9 Å². The topological polar surface area (TPSA) is 122 Å². The Morgan fingerprint density at radius 1 is 0.854 bits per heavy atom. The fraction of sp³-hybridized carbons (Fsp3) is 0.237. The molecule has 3 aromatic rings. The van der Waals surface area contributed by atoms with Gasteiger partial charge in [0, 0.05) is 42.5 Å². The lowest BCUT2D eigenvalue weighted by Crippen LogP contribution is -2.32. The van der Waals surface area contributed by atoms with E-state index >= 15 is 0 Å². The Kier molecular flexibility index (Phi) is 10.8. The summed E-state index contributed by atoms with van der Waals surface area (Å²) in [7, 11) is 6.26. The number of allylic oxidation sites excluding steroid dienone is 5. The first-order valence-corrected chi connectivity index (χ1v) is 15.5. The van der Waals surface area contributed by atoms with Crippen molar-refractivity contribution in [2.75, 3.05) is 52.2 Å². The highest BCUT2D eigenvalue weighted by molar-refractivity contribution is 6.15. The molecule has 0 unspecified atom stereocenters. The van der Waals surface area contributed by atoms with E-state index in [2.05, 4.69) is 34.2 Å². The van der Waals surface area contributed by atoms with Gasteiger partial charge in [-0.3, -0.25) is 14.5 Å². The number of methoxy groups -OCH3 is 4. The second-order valence-electron chi connectivity index (χ2n) is 11.4. The highest BCUT2D eigenvalue weighted by Gasteiger charge is 2.21. The van der Waals surface area contributed by atoms with Gasteiger partial charge in [0.25, 0.3) is 11.8 Å². The molecule has 0 spiro atoms. The molecule has 3 aromatic carbocycles. The second-order valence-corrected chi connectivity index (χ2v) is 11.4. The van der Waals surface area contributed by atoms with Gasteiger partial charge >= 0.3 is 0 Å². The highest BCUT2D eigenvalue weighted by Crippen LogP contribution is 2.35. The molecule has 1 aliphatic carbocycles. The van der Waals surface area contributed by atoms with Crippen LogP contribution in [-0.2, 0) is 24.2 Å². The molecule has 0 atom stereocenters. The van der Waals surface area contributed by atoms with Crippen molar-refractivity contribution in [2.45, 2.75) is 19.4 Å². The minimum absolute atomic E-state index is 0.125. The third-order valence-corrected chi connectivity index (χ3v) is 8.32. The van der Waals surface area contributed by atoms with Crippen LogP contribution < -0.4 is 29.6 Å². The molecular formula is C38H40N4O6. The Bertz CT molecular complexity index is 1820.